The SMILES string of the molecule is CO[C@H]1C[C@@H]2CC[C@@H](C)[C@@](O)(O2)C(=O)C(=O)N2CCCC[C@H]2C(=O)O[C@H]([C@H](C)C[C@@H]2CC[C@@H](OCCCN(C)C)[C@H](OC)C2)CC(=O)[C@H](C)/C=C(\C)[C@@H](O)[C@@H](OC)C(=O)[C@H](C)C[C@H](C)/C=C/C=CC=C1C. The molecule has 4 rings (SSSR count). The number of hydrogen-bond donors (Lipinski definition) is 2. The van der Waals surface area contributed by atoms with E-state index in [1.54, 1.807) is 41.1 Å². The molecule has 0 aromatic rings. The maximum absolute atomic E-state index is 14.5. The van der Waals surface area contributed by atoms with Crippen molar-refractivity contribution in [3.63, 3.8) is 0 Å². The van der Waals surface area contributed by atoms with Crippen LogP contribution < -0.4 is 0 Å². The van der Waals surface area contributed by atoms with Crippen LogP contribution in [0.3, 0.4) is 0 Å². The van der Waals surface area contributed by atoms with Crippen LogP contribution in [0.2, 0.25) is 0 Å². The van der Waals surface area contributed by atoms with Gasteiger partial charge in [-0.3, -0.25) is 19.2 Å². The highest BCUT2D eigenvalue weighted by Crippen LogP contribution is 2.38. The van der Waals surface area contributed by atoms with Crippen molar-refractivity contribution in [3.05, 3.63) is 47.6 Å². The molecule has 2 saturated heterocycles. The zero-order valence-corrected chi connectivity index (χ0v) is 45.1. The van der Waals surface area contributed by atoms with Gasteiger partial charge in [-0.2, -0.15) is 0 Å². The number of amides is 1. The summed E-state index contributed by atoms with van der Waals surface area (Å²) in [6.45, 7) is 14.4. The maximum atomic E-state index is 14.5. The van der Waals surface area contributed by atoms with E-state index in [4.69, 9.17) is 28.4 Å². The Labute approximate surface area is 425 Å². The molecule has 0 aromatic heterocycles. The Kier molecular flexibility index (Phi) is 24.5. The van der Waals surface area contributed by atoms with Crippen molar-refractivity contribution < 1.29 is 62.6 Å². The van der Waals surface area contributed by atoms with E-state index < -0.39 is 77.8 Å². The Morgan fingerprint density at radius 2 is 1.59 bits per heavy atom. The number of aliphatic hydroxyl groups excluding tert-OH is 1. The fourth-order valence-electron chi connectivity index (χ4n) is 10.9. The Hall–Kier alpha value is -3.41. The second-order valence-electron chi connectivity index (χ2n) is 21.6. The number of carbonyl (C=O) groups excluding carboxylic acids is 5. The smallest absolute Gasteiger partial charge is 0.329 e. The molecule has 402 valence electrons. The Morgan fingerprint density at radius 3 is 2.27 bits per heavy atom. The Balaban J connectivity index is 1.67. The highest BCUT2D eigenvalue weighted by Gasteiger charge is 2.53. The number of fused-ring (bicyclic) bond motifs is 3. The molecule has 2 bridgehead atoms. The van der Waals surface area contributed by atoms with Crippen molar-refractivity contribution in [2.45, 2.75) is 186 Å². The lowest BCUT2D eigenvalue weighted by Crippen LogP contribution is -2.61. The molecular weight excluding hydrogens is 909 g/mol. The van der Waals surface area contributed by atoms with Crippen molar-refractivity contribution in [3.8, 4) is 0 Å². The zero-order chi connectivity index (χ0) is 52.6. The van der Waals surface area contributed by atoms with Gasteiger partial charge in [0.05, 0.1) is 24.4 Å². The number of carbonyl (C=O) groups is 5. The molecule has 2 N–H and O–H groups in total. The third-order valence-electron chi connectivity index (χ3n) is 15.5. The second-order valence-corrected chi connectivity index (χ2v) is 21.6. The van der Waals surface area contributed by atoms with Gasteiger partial charge in [-0.25, -0.2) is 4.79 Å². The summed E-state index contributed by atoms with van der Waals surface area (Å²) in [5.41, 5.74) is 1.29. The van der Waals surface area contributed by atoms with Crippen LogP contribution in [0.1, 0.15) is 132 Å². The van der Waals surface area contributed by atoms with Crippen molar-refractivity contribution in [1.29, 1.82) is 0 Å². The summed E-state index contributed by atoms with van der Waals surface area (Å²) in [6, 6.07) is -1.13. The van der Waals surface area contributed by atoms with Gasteiger partial charge in [-0.05, 0) is 134 Å². The highest BCUT2D eigenvalue weighted by atomic mass is 16.6. The van der Waals surface area contributed by atoms with Gasteiger partial charge in [-0.15, -0.1) is 0 Å². The molecule has 0 aromatic carbocycles. The average Bonchev–Trinajstić information content (AvgIpc) is 3.34. The third-order valence-corrected chi connectivity index (χ3v) is 15.5. The van der Waals surface area contributed by atoms with Crippen LogP contribution in [-0.2, 0) is 52.4 Å². The van der Waals surface area contributed by atoms with E-state index in [1.165, 1.54) is 12.0 Å². The average molecular weight is 999 g/mol. The minimum atomic E-state index is -2.43. The standard InChI is InChI=1S/C56H90N2O13/c1-35-19-14-13-15-20-36(2)47(66-10)33-43-24-22-41(7)56(65,71-43)53(62)54(63)58-27-17-16-21-44(58)55(64)70-48(34-45(59)37(3)30-40(6)51(61)52(68-12)50(60)39(5)29-35)38(4)31-42-23-25-46(49(32-42)67-11)69-28-18-26-57(8)9/h13-15,19-20,30,35,37-39,41-44,46-49,51-52,61,65H,16-18,21-29,31-34H2,1-12H3/b15-13?,19-14+,36-20?,40-30+/t35-,37-,38-,39-,41-,42+,43+,44+,46-,47+,48+,49-,51-,52+,56-/m1/s1. The highest BCUT2D eigenvalue weighted by molar-refractivity contribution is 6.39. The predicted octanol–water partition coefficient (Wildman–Crippen LogP) is 7.16. The maximum Gasteiger partial charge on any atom is 0.329 e. The van der Waals surface area contributed by atoms with Crippen molar-refractivity contribution in [2.75, 3.05) is 55.1 Å². The summed E-state index contributed by atoms with van der Waals surface area (Å²) in [4.78, 5) is 74.6. The first-order valence-electron chi connectivity index (χ1n) is 26.4. The predicted molar refractivity (Wildman–Crippen MR) is 272 cm³/mol. The molecule has 0 spiro atoms. The number of cyclic esters (lactones) is 1. The number of ether oxygens (including phenoxy) is 6. The number of allylic oxidation sites excluding steroid dienone is 6. The summed E-state index contributed by atoms with van der Waals surface area (Å²) in [5.74, 6) is -7.76. The van der Waals surface area contributed by atoms with Gasteiger partial charge in [-0.1, -0.05) is 71.1 Å². The van der Waals surface area contributed by atoms with Gasteiger partial charge in [0, 0.05) is 65.1 Å². The number of piperidine rings is 1. The van der Waals surface area contributed by atoms with E-state index in [-0.39, 0.29) is 60.9 Å². The molecular formula is C56H90N2O13. The van der Waals surface area contributed by atoms with Gasteiger partial charge in [0.1, 0.15) is 30.1 Å². The minimum Gasteiger partial charge on any atom is -0.460 e. The van der Waals surface area contributed by atoms with Crippen LogP contribution in [0, 0.1) is 35.5 Å². The summed E-state index contributed by atoms with van der Waals surface area (Å²) in [7, 11) is 8.74. The quantitative estimate of drug-likeness (QED) is 0.0919. The number of nitrogens with zero attached hydrogens (tertiary/aromatic N) is 2. The van der Waals surface area contributed by atoms with E-state index in [0.29, 0.717) is 57.1 Å². The number of methoxy groups -OCH3 is 3. The number of ketones is 3. The number of rotatable bonds is 11. The van der Waals surface area contributed by atoms with Crippen LogP contribution in [0.5, 0.6) is 0 Å². The molecule has 1 aliphatic carbocycles. The molecule has 71 heavy (non-hydrogen) atoms. The lowest BCUT2D eigenvalue weighted by Gasteiger charge is -2.42. The Morgan fingerprint density at radius 1 is 0.859 bits per heavy atom. The molecule has 3 aliphatic heterocycles. The van der Waals surface area contributed by atoms with Crippen LogP contribution in [0.15, 0.2) is 47.6 Å². The Bertz CT molecular complexity index is 1880. The summed E-state index contributed by atoms with van der Waals surface area (Å²) < 4.78 is 36.3. The fourth-order valence-corrected chi connectivity index (χ4v) is 10.9. The van der Waals surface area contributed by atoms with Crippen molar-refractivity contribution in [2.24, 2.45) is 35.5 Å². The summed E-state index contributed by atoms with van der Waals surface area (Å²) >= 11 is 0. The minimum absolute atomic E-state index is 0.0215. The first-order chi connectivity index (χ1) is 33.6. The van der Waals surface area contributed by atoms with Crippen LogP contribution in [0.25, 0.3) is 0 Å². The number of Topliss-reactive ketones (excluding diaryl/α,β-unsaturated/α-hetero) is 3. The van der Waals surface area contributed by atoms with Gasteiger partial charge < -0.3 is 48.4 Å². The van der Waals surface area contributed by atoms with Crippen LogP contribution >= 0.6 is 0 Å². The first-order valence-corrected chi connectivity index (χ1v) is 26.4. The molecule has 3 heterocycles. The number of hydrogen-bond acceptors (Lipinski definition) is 14. The monoisotopic (exact) mass is 999 g/mol. The van der Waals surface area contributed by atoms with Crippen LogP contribution in [-0.4, -0.2) is 159 Å². The largest absolute Gasteiger partial charge is 0.460 e. The molecule has 1 saturated carbocycles. The van der Waals surface area contributed by atoms with Gasteiger partial charge in [0.25, 0.3) is 11.7 Å². The molecule has 4 aliphatic rings. The molecule has 15 atom stereocenters. The van der Waals surface area contributed by atoms with Gasteiger partial charge in [0.2, 0.25) is 5.79 Å². The normalized spacial score (nSPS) is 36.9. The fraction of sp³-hybridized carbons (Fsp3) is 0.768. The van der Waals surface area contributed by atoms with E-state index in [2.05, 4.69) is 4.90 Å². The molecule has 15 heteroatoms. The second kappa shape index (κ2) is 28.9. The van der Waals surface area contributed by atoms with E-state index in [9.17, 15) is 34.2 Å². The van der Waals surface area contributed by atoms with Crippen LogP contribution in [0.4, 0.5) is 0 Å². The zero-order valence-electron chi connectivity index (χ0n) is 45.1. The van der Waals surface area contributed by atoms with Crippen molar-refractivity contribution in [1.82, 2.24) is 9.80 Å². The third kappa shape index (κ3) is 17.1. The van der Waals surface area contributed by atoms with Crippen molar-refractivity contribution >= 4 is 29.2 Å². The number of aliphatic hydroxyl groups is 2. The summed E-state index contributed by atoms with van der Waals surface area (Å²) in [5, 5.41) is 23.5. The molecule has 1 amide bonds. The molecule has 3 fully saturated rings. The first kappa shape index (κ1) is 60.1. The van der Waals surface area contributed by atoms with E-state index in [0.717, 1.165) is 37.8 Å². The molecule has 0 unspecified atom stereocenters. The topological polar surface area (TPSA) is 188 Å². The lowest BCUT2D eigenvalue weighted by molar-refractivity contribution is -0.265. The van der Waals surface area contributed by atoms with Gasteiger partial charge in [0.15, 0.2) is 5.78 Å². The lowest BCUT2D eigenvalue weighted by atomic mass is 9.78. The van der Waals surface area contributed by atoms with E-state index >= 15 is 0 Å². The van der Waals surface area contributed by atoms with Gasteiger partial charge >= 0.3 is 5.97 Å². The van der Waals surface area contributed by atoms with E-state index in [1.807, 2.05) is 72.2 Å². The summed E-state index contributed by atoms with van der Waals surface area (Å²) in [6.07, 6.45) is 13.6. The number of esters is 1. The molecule has 0 radical (unpaired) electrons. The molecule has 15 nitrogen and oxygen atoms in total.